The number of aryl methyl sites for hydroxylation is 2. The number of nitrogens with zero attached hydrogens (tertiary/aromatic N) is 2. The Balaban J connectivity index is 1.55. The zero-order chi connectivity index (χ0) is 18.8. The summed E-state index contributed by atoms with van der Waals surface area (Å²) in [5.74, 6) is 1.26. The number of amides is 1. The molecule has 0 spiro atoms. The maximum absolute atomic E-state index is 12.9. The van der Waals surface area contributed by atoms with Gasteiger partial charge in [0.25, 0.3) is 5.91 Å². The fourth-order valence-electron chi connectivity index (χ4n) is 3.37. The zero-order valence-corrected chi connectivity index (χ0v) is 15.3. The van der Waals surface area contributed by atoms with Gasteiger partial charge in [-0.3, -0.25) is 4.79 Å². The second kappa shape index (κ2) is 7.15. The molecule has 0 unspecified atom stereocenters. The molecule has 1 aliphatic heterocycles. The maximum Gasteiger partial charge on any atom is 0.262 e. The van der Waals surface area contributed by atoms with Crippen LogP contribution >= 0.6 is 0 Å². The molecule has 0 saturated carbocycles. The van der Waals surface area contributed by atoms with E-state index in [4.69, 9.17) is 8.83 Å². The van der Waals surface area contributed by atoms with Gasteiger partial charge in [0.15, 0.2) is 0 Å². The van der Waals surface area contributed by atoms with E-state index in [0.717, 1.165) is 22.5 Å². The predicted molar refractivity (Wildman–Crippen MR) is 103 cm³/mol. The minimum Gasteiger partial charge on any atom is -0.467 e. The number of carbonyl (C=O) groups is 1. The van der Waals surface area contributed by atoms with Crippen LogP contribution in [0.15, 0.2) is 68.9 Å². The van der Waals surface area contributed by atoms with Gasteiger partial charge in [-0.15, -0.1) is 0 Å². The number of benzene rings is 1. The second-order valence-corrected chi connectivity index (χ2v) is 6.62. The highest BCUT2D eigenvalue weighted by Gasteiger charge is 2.35. The Hall–Kier alpha value is -3.28. The number of nitrogens with one attached hydrogen (secondary N) is 1. The van der Waals surface area contributed by atoms with Gasteiger partial charge in [0.1, 0.15) is 23.3 Å². The first-order chi connectivity index (χ1) is 13.1. The molecule has 6 heteroatoms. The molecule has 3 aromatic rings. The summed E-state index contributed by atoms with van der Waals surface area (Å²) < 4.78 is 11.0. The first-order valence-corrected chi connectivity index (χ1v) is 8.90. The smallest absolute Gasteiger partial charge is 0.262 e. The third kappa shape index (κ3) is 3.38. The lowest BCUT2D eigenvalue weighted by Gasteiger charge is -2.21. The molecule has 0 radical (unpaired) electrons. The van der Waals surface area contributed by atoms with Crippen molar-refractivity contribution in [3.05, 3.63) is 77.6 Å². The lowest BCUT2D eigenvalue weighted by molar-refractivity contribution is -0.131. The van der Waals surface area contributed by atoms with E-state index in [-0.39, 0.29) is 18.5 Å². The molecule has 0 aliphatic carbocycles. The van der Waals surface area contributed by atoms with Crippen molar-refractivity contribution in [1.82, 2.24) is 5.01 Å². The van der Waals surface area contributed by atoms with Crippen molar-refractivity contribution in [2.45, 2.75) is 26.3 Å². The molecule has 4 rings (SSSR count). The minimum atomic E-state index is -0.271. The third-order valence-electron chi connectivity index (χ3n) is 4.74. The minimum absolute atomic E-state index is 0.124. The molecule has 3 heterocycles. The SMILES string of the molecule is Cc1cccc(C)c1NCC(=O)N1N=C(c2ccco2)C[C@@H]1c1ccco1. The average Bonchev–Trinajstić information content (AvgIpc) is 3.40. The number of para-hydroxylation sites is 1. The number of hydrogen-bond acceptors (Lipinski definition) is 5. The van der Waals surface area contributed by atoms with Gasteiger partial charge in [0, 0.05) is 12.1 Å². The van der Waals surface area contributed by atoms with E-state index >= 15 is 0 Å². The Labute approximate surface area is 157 Å². The van der Waals surface area contributed by atoms with Crippen LogP contribution in [0.4, 0.5) is 5.69 Å². The molecular formula is C21H21N3O3. The number of hydrogen-bond donors (Lipinski definition) is 1. The standard InChI is InChI=1S/C21H21N3O3/c1-14-6-3-7-15(2)21(14)22-13-20(25)24-17(19-9-5-11-27-19)12-16(23-24)18-8-4-10-26-18/h3-11,17,22H,12-13H2,1-2H3/t17-/m1/s1. The van der Waals surface area contributed by atoms with Crippen LogP contribution in [0.3, 0.4) is 0 Å². The molecule has 0 fully saturated rings. The maximum atomic E-state index is 12.9. The van der Waals surface area contributed by atoms with Crippen molar-refractivity contribution in [3.63, 3.8) is 0 Å². The summed E-state index contributed by atoms with van der Waals surface area (Å²) in [7, 11) is 0. The van der Waals surface area contributed by atoms with Crippen LogP contribution in [0.5, 0.6) is 0 Å². The second-order valence-electron chi connectivity index (χ2n) is 6.62. The van der Waals surface area contributed by atoms with E-state index in [0.29, 0.717) is 17.9 Å². The molecule has 1 N–H and O–H groups in total. The van der Waals surface area contributed by atoms with Crippen molar-refractivity contribution in [2.24, 2.45) is 5.10 Å². The van der Waals surface area contributed by atoms with E-state index < -0.39 is 0 Å². The van der Waals surface area contributed by atoms with Crippen LogP contribution in [0.1, 0.15) is 35.1 Å². The molecule has 1 amide bonds. The molecule has 2 aromatic heterocycles. The van der Waals surface area contributed by atoms with Crippen molar-refractivity contribution in [1.29, 1.82) is 0 Å². The van der Waals surface area contributed by atoms with Crippen molar-refractivity contribution in [3.8, 4) is 0 Å². The summed E-state index contributed by atoms with van der Waals surface area (Å²) in [6.45, 7) is 4.20. The Morgan fingerprint density at radius 1 is 1.11 bits per heavy atom. The Morgan fingerprint density at radius 3 is 2.52 bits per heavy atom. The third-order valence-corrected chi connectivity index (χ3v) is 4.74. The molecule has 27 heavy (non-hydrogen) atoms. The fraction of sp³-hybridized carbons (Fsp3) is 0.238. The number of furan rings is 2. The number of rotatable bonds is 5. The highest BCUT2D eigenvalue weighted by atomic mass is 16.3. The van der Waals surface area contributed by atoms with Crippen LogP contribution in [0, 0.1) is 13.8 Å². The van der Waals surface area contributed by atoms with Gasteiger partial charge < -0.3 is 14.2 Å². The molecule has 0 bridgehead atoms. The van der Waals surface area contributed by atoms with E-state index in [1.54, 1.807) is 12.5 Å². The average molecular weight is 363 g/mol. The molecule has 1 atom stereocenters. The van der Waals surface area contributed by atoms with E-state index in [2.05, 4.69) is 10.4 Å². The summed E-state index contributed by atoms with van der Waals surface area (Å²) >= 11 is 0. The first-order valence-electron chi connectivity index (χ1n) is 8.90. The molecule has 6 nitrogen and oxygen atoms in total. The van der Waals surface area contributed by atoms with Crippen molar-refractivity contribution < 1.29 is 13.6 Å². The Kier molecular flexibility index (Phi) is 4.54. The van der Waals surface area contributed by atoms with Crippen LogP contribution in [0.2, 0.25) is 0 Å². The van der Waals surface area contributed by atoms with Crippen LogP contribution in [-0.4, -0.2) is 23.2 Å². The van der Waals surface area contributed by atoms with Gasteiger partial charge in [0.2, 0.25) is 0 Å². The highest BCUT2D eigenvalue weighted by molar-refractivity contribution is 6.01. The normalized spacial score (nSPS) is 16.4. The molecule has 138 valence electrons. The lowest BCUT2D eigenvalue weighted by atomic mass is 10.1. The summed E-state index contributed by atoms with van der Waals surface area (Å²) in [5, 5.41) is 9.29. The van der Waals surface area contributed by atoms with Gasteiger partial charge in [-0.05, 0) is 49.2 Å². The predicted octanol–water partition coefficient (Wildman–Crippen LogP) is 4.28. The summed E-state index contributed by atoms with van der Waals surface area (Å²) in [5.41, 5.74) is 3.93. The van der Waals surface area contributed by atoms with Gasteiger partial charge in [-0.2, -0.15) is 5.10 Å². The largest absolute Gasteiger partial charge is 0.467 e. The van der Waals surface area contributed by atoms with E-state index in [1.165, 1.54) is 5.01 Å². The summed E-state index contributed by atoms with van der Waals surface area (Å²) in [6, 6.07) is 13.1. The molecular weight excluding hydrogens is 342 g/mol. The molecule has 1 aromatic carbocycles. The van der Waals surface area contributed by atoms with Gasteiger partial charge in [-0.1, -0.05) is 18.2 Å². The van der Waals surface area contributed by atoms with Gasteiger partial charge >= 0.3 is 0 Å². The first kappa shape index (κ1) is 17.1. The molecule has 1 aliphatic rings. The van der Waals surface area contributed by atoms with Crippen LogP contribution in [0.25, 0.3) is 0 Å². The van der Waals surface area contributed by atoms with Crippen molar-refractivity contribution in [2.75, 3.05) is 11.9 Å². The quantitative estimate of drug-likeness (QED) is 0.734. The highest BCUT2D eigenvalue weighted by Crippen LogP contribution is 2.33. The topological polar surface area (TPSA) is 71.0 Å². The molecule has 0 saturated heterocycles. The van der Waals surface area contributed by atoms with E-state index in [9.17, 15) is 4.79 Å². The van der Waals surface area contributed by atoms with Crippen LogP contribution in [-0.2, 0) is 4.79 Å². The van der Waals surface area contributed by atoms with Gasteiger partial charge in [-0.25, -0.2) is 5.01 Å². The fourth-order valence-corrected chi connectivity index (χ4v) is 3.37. The van der Waals surface area contributed by atoms with Crippen molar-refractivity contribution >= 4 is 17.3 Å². The van der Waals surface area contributed by atoms with Gasteiger partial charge in [0.05, 0.1) is 19.1 Å². The number of carbonyl (C=O) groups excluding carboxylic acids is 1. The Morgan fingerprint density at radius 2 is 1.85 bits per heavy atom. The lowest BCUT2D eigenvalue weighted by Crippen LogP contribution is -2.32. The monoisotopic (exact) mass is 363 g/mol. The number of hydrazone groups is 1. The summed E-state index contributed by atoms with van der Waals surface area (Å²) in [6.07, 6.45) is 3.76. The Bertz CT molecular complexity index is 938. The zero-order valence-electron chi connectivity index (χ0n) is 15.3. The number of anilines is 1. The summed E-state index contributed by atoms with van der Waals surface area (Å²) in [4.78, 5) is 12.9. The van der Waals surface area contributed by atoms with E-state index in [1.807, 2.05) is 56.3 Å². The van der Waals surface area contributed by atoms with Crippen LogP contribution < -0.4 is 5.32 Å².